The summed E-state index contributed by atoms with van der Waals surface area (Å²) in [6.07, 6.45) is 1.55. The van der Waals surface area contributed by atoms with E-state index in [1.165, 1.54) is 11.5 Å². The van der Waals surface area contributed by atoms with E-state index in [1.807, 2.05) is 7.05 Å². The zero-order valence-electron chi connectivity index (χ0n) is 17.7. The van der Waals surface area contributed by atoms with Crippen molar-refractivity contribution in [1.82, 2.24) is 24.1 Å². The maximum atomic E-state index is 13.6. The lowest BCUT2D eigenvalue weighted by Crippen LogP contribution is -2.46. The first kappa shape index (κ1) is 23.1. The number of nitrogens with zero attached hydrogens (tertiary/aromatic N) is 5. The van der Waals surface area contributed by atoms with Crippen LogP contribution in [0.1, 0.15) is 18.5 Å². The summed E-state index contributed by atoms with van der Waals surface area (Å²) >= 11 is 1.22. The van der Waals surface area contributed by atoms with Crippen LogP contribution >= 0.6 is 11.5 Å². The number of anilines is 1. The molecule has 2 heterocycles. The number of aromatic nitrogens is 2. The smallest absolute Gasteiger partial charge is 0.243 e. The molecule has 1 aliphatic heterocycles. The Morgan fingerprint density at radius 3 is 2.58 bits per heavy atom. The van der Waals surface area contributed by atoms with Crippen LogP contribution in [0, 0.1) is 0 Å². The van der Waals surface area contributed by atoms with Crippen LogP contribution in [0.2, 0.25) is 0 Å². The average Bonchev–Trinajstić information content (AvgIpc) is 3.26. The molecule has 1 aliphatic rings. The maximum absolute atomic E-state index is 13.6. The third-order valence-corrected chi connectivity index (χ3v) is 7.51. The molecular weight excluding hydrogens is 436 g/mol. The number of piperidine rings is 1. The van der Waals surface area contributed by atoms with Gasteiger partial charge in [-0.05, 0) is 68.8 Å². The van der Waals surface area contributed by atoms with E-state index in [4.69, 9.17) is 5.73 Å². The minimum absolute atomic E-state index is 0.0840. The van der Waals surface area contributed by atoms with Crippen molar-refractivity contribution in [2.24, 2.45) is 10.7 Å². The number of benzene rings is 1. The van der Waals surface area contributed by atoms with E-state index in [2.05, 4.69) is 36.7 Å². The topological polar surface area (TPSA) is 129 Å². The summed E-state index contributed by atoms with van der Waals surface area (Å²) in [5.41, 5.74) is 6.87. The van der Waals surface area contributed by atoms with Crippen molar-refractivity contribution in [2.45, 2.75) is 30.3 Å². The molecule has 2 aromatic rings. The van der Waals surface area contributed by atoms with Gasteiger partial charge in [-0.3, -0.25) is 4.99 Å². The molecule has 31 heavy (non-hydrogen) atoms. The molecule has 3 rings (SSSR count). The summed E-state index contributed by atoms with van der Waals surface area (Å²) < 4.78 is 32.6. The third-order valence-electron chi connectivity index (χ3n) is 5.04. The second kappa shape index (κ2) is 10.2. The van der Waals surface area contributed by atoms with E-state index in [0.717, 1.165) is 25.9 Å². The van der Waals surface area contributed by atoms with Gasteiger partial charge in [0.15, 0.2) is 0 Å². The van der Waals surface area contributed by atoms with Crippen molar-refractivity contribution >= 4 is 33.2 Å². The largest absolute Gasteiger partial charge is 0.386 e. The second-order valence-electron chi connectivity index (χ2n) is 7.35. The molecule has 1 aromatic carbocycles. The standard InChI is InChI=1S/C19H28N8O2S2/c1-14(20)22-19(21-2)23-15-4-6-18(7-5-15)31(28,29)27(12-16-13-30-25-24-16)17-8-10-26(3)11-9-17/h4-7,13,17H,1,8-12,20H2,2-3H3,(H2,21,22,23). The molecule has 0 bridgehead atoms. The van der Waals surface area contributed by atoms with Crippen LogP contribution in [0.15, 0.2) is 51.9 Å². The van der Waals surface area contributed by atoms with E-state index >= 15 is 0 Å². The Labute approximate surface area is 187 Å². The van der Waals surface area contributed by atoms with E-state index in [0.29, 0.717) is 17.3 Å². The van der Waals surface area contributed by atoms with Gasteiger partial charge >= 0.3 is 0 Å². The lowest BCUT2D eigenvalue weighted by Gasteiger charge is -2.36. The molecule has 0 spiro atoms. The zero-order valence-corrected chi connectivity index (χ0v) is 19.3. The van der Waals surface area contributed by atoms with Gasteiger partial charge < -0.3 is 21.3 Å². The molecule has 4 N–H and O–H groups in total. The van der Waals surface area contributed by atoms with Crippen molar-refractivity contribution in [3.63, 3.8) is 0 Å². The lowest BCUT2D eigenvalue weighted by atomic mass is 10.1. The number of likely N-dealkylation sites (tertiary alicyclic amines) is 1. The van der Waals surface area contributed by atoms with E-state index in [-0.39, 0.29) is 23.3 Å². The molecule has 0 radical (unpaired) electrons. The predicted molar refractivity (Wildman–Crippen MR) is 123 cm³/mol. The first-order valence-corrected chi connectivity index (χ1v) is 12.1. The maximum Gasteiger partial charge on any atom is 0.243 e. The van der Waals surface area contributed by atoms with Gasteiger partial charge in [0, 0.05) is 24.2 Å². The highest BCUT2D eigenvalue weighted by atomic mass is 32.2. The molecule has 0 unspecified atom stereocenters. The van der Waals surface area contributed by atoms with Crippen LogP contribution in [0.4, 0.5) is 5.69 Å². The molecule has 0 atom stereocenters. The molecule has 12 heteroatoms. The molecule has 1 aromatic heterocycles. The van der Waals surface area contributed by atoms with Crippen molar-refractivity contribution in [3.8, 4) is 0 Å². The van der Waals surface area contributed by atoms with Crippen LogP contribution in [0.3, 0.4) is 0 Å². The first-order chi connectivity index (χ1) is 14.8. The minimum atomic E-state index is -3.72. The highest BCUT2D eigenvalue weighted by Gasteiger charge is 2.34. The number of hydrogen-bond donors (Lipinski definition) is 3. The number of guanidine groups is 1. The number of rotatable bonds is 7. The van der Waals surface area contributed by atoms with Gasteiger partial charge in [0.2, 0.25) is 16.0 Å². The summed E-state index contributed by atoms with van der Waals surface area (Å²) in [5.74, 6) is 0.657. The Kier molecular flexibility index (Phi) is 7.59. The van der Waals surface area contributed by atoms with E-state index < -0.39 is 10.0 Å². The van der Waals surface area contributed by atoms with Crippen molar-refractivity contribution < 1.29 is 8.42 Å². The summed E-state index contributed by atoms with van der Waals surface area (Å²) in [5, 5.41) is 11.7. The summed E-state index contributed by atoms with van der Waals surface area (Å²) in [6, 6.07) is 6.47. The number of hydrogen-bond acceptors (Lipinski definition) is 8. The van der Waals surface area contributed by atoms with Gasteiger partial charge in [-0.15, -0.1) is 5.10 Å². The van der Waals surface area contributed by atoms with Gasteiger partial charge in [0.1, 0.15) is 0 Å². The first-order valence-electron chi connectivity index (χ1n) is 9.81. The number of aliphatic imine (C=N–C) groups is 1. The van der Waals surface area contributed by atoms with Gasteiger partial charge in [-0.25, -0.2) is 8.42 Å². The number of sulfonamides is 1. The van der Waals surface area contributed by atoms with Crippen molar-refractivity contribution in [3.05, 3.63) is 47.7 Å². The Morgan fingerprint density at radius 2 is 2.03 bits per heavy atom. The quantitative estimate of drug-likeness (QED) is 0.412. The monoisotopic (exact) mass is 464 g/mol. The molecule has 1 saturated heterocycles. The van der Waals surface area contributed by atoms with E-state index in [1.54, 1.807) is 41.0 Å². The van der Waals surface area contributed by atoms with Crippen LogP contribution in [-0.2, 0) is 16.6 Å². The molecule has 1 fully saturated rings. The predicted octanol–water partition coefficient (Wildman–Crippen LogP) is 1.24. The summed E-state index contributed by atoms with van der Waals surface area (Å²) in [7, 11) is -0.0696. The normalized spacial score (nSPS) is 16.4. The van der Waals surface area contributed by atoms with Crippen LogP contribution in [0.5, 0.6) is 0 Å². The minimum Gasteiger partial charge on any atom is -0.386 e. The Hall–Kier alpha value is -2.54. The SMILES string of the molecule is C=C(N)NC(=NC)Nc1ccc(S(=O)(=O)N(Cc2csnn2)C2CCN(C)CC2)cc1. The fourth-order valence-corrected chi connectivity index (χ4v) is 5.48. The molecule has 10 nitrogen and oxygen atoms in total. The second-order valence-corrected chi connectivity index (χ2v) is 9.85. The third kappa shape index (κ3) is 6.00. The molecular formula is C19H28N8O2S2. The van der Waals surface area contributed by atoms with Crippen molar-refractivity contribution in [2.75, 3.05) is 32.5 Å². The highest BCUT2D eigenvalue weighted by Crippen LogP contribution is 2.27. The molecule has 168 valence electrons. The van der Waals surface area contributed by atoms with Crippen molar-refractivity contribution in [1.29, 1.82) is 0 Å². The van der Waals surface area contributed by atoms with Gasteiger partial charge in [0.25, 0.3) is 0 Å². The molecule has 0 amide bonds. The lowest BCUT2D eigenvalue weighted by molar-refractivity contribution is 0.178. The average molecular weight is 465 g/mol. The Bertz CT molecular complexity index is 998. The molecule has 0 aliphatic carbocycles. The Morgan fingerprint density at radius 1 is 1.35 bits per heavy atom. The molecule has 0 saturated carbocycles. The summed E-state index contributed by atoms with van der Waals surface area (Å²) in [6.45, 7) is 5.50. The fourth-order valence-electron chi connectivity index (χ4n) is 3.38. The highest BCUT2D eigenvalue weighted by molar-refractivity contribution is 7.89. The fraction of sp³-hybridized carbons (Fsp3) is 0.421. The van der Waals surface area contributed by atoms with Crippen LogP contribution in [0.25, 0.3) is 0 Å². The number of nitrogens with two attached hydrogens (primary N) is 1. The van der Waals surface area contributed by atoms with Gasteiger partial charge in [-0.1, -0.05) is 11.1 Å². The summed E-state index contributed by atoms with van der Waals surface area (Å²) in [4.78, 5) is 6.48. The van der Waals surface area contributed by atoms with E-state index in [9.17, 15) is 8.42 Å². The number of nitrogens with one attached hydrogen (secondary N) is 2. The van der Waals surface area contributed by atoms with Crippen LogP contribution in [-0.4, -0.2) is 66.4 Å². The Balaban J connectivity index is 1.82. The van der Waals surface area contributed by atoms with Gasteiger partial charge in [0.05, 0.1) is 23.0 Å². The zero-order chi connectivity index (χ0) is 22.4. The van der Waals surface area contributed by atoms with Gasteiger partial charge in [-0.2, -0.15) is 4.31 Å². The van der Waals surface area contributed by atoms with Crippen LogP contribution < -0.4 is 16.4 Å².